The van der Waals surface area contributed by atoms with Crippen molar-refractivity contribution in [2.24, 2.45) is 0 Å². The highest BCUT2D eigenvalue weighted by Crippen LogP contribution is 2.23. The van der Waals surface area contributed by atoms with Crippen LogP contribution in [0.25, 0.3) is 0 Å². The zero-order valence-corrected chi connectivity index (χ0v) is 13.2. The highest BCUT2D eigenvalue weighted by molar-refractivity contribution is 9.10. The number of rotatable bonds is 3. The number of amides is 1. The summed E-state index contributed by atoms with van der Waals surface area (Å²) in [5.41, 5.74) is 7.53. The van der Waals surface area contributed by atoms with Gasteiger partial charge in [0.15, 0.2) is 0 Å². The van der Waals surface area contributed by atoms with Crippen molar-refractivity contribution in [3.8, 4) is 0 Å². The summed E-state index contributed by atoms with van der Waals surface area (Å²) in [6.07, 6.45) is 0. The first-order valence-corrected chi connectivity index (χ1v) is 7.26. The number of halogens is 2. The third-order valence-electron chi connectivity index (χ3n) is 3.02. The highest BCUT2D eigenvalue weighted by atomic mass is 79.9. The van der Waals surface area contributed by atoms with Crippen molar-refractivity contribution >= 4 is 39.1 Å². The van der Waals surface area contributed by atoms with E-state index in [4.69, 9.17) is 17.3 Å². The van der Waals surface area contributed by atoms with E-state index in [1.807, 2.05) is 31.2 Å². The first kappa shape index (κ1) is 14.9. The molecule has 0 saturated heterocycles. The molecule has 0 aliphatic heterocycles. The van der Waals surface area contributed by atoms with Crippen LogP contribution in [0.4, 0.5) is 5.69 Å². The molecule has 0 heterocycles. The van der Waals surface area contributed by atoms with Gasteiger partial charge in [0, 0.05) is 4.47 Å². The molecule has 3 N–H and O–H groups in total. The van der Waals surface area contributed by atoms with E-state index in [0.29, 0.717) is 16.3 Å². The number of carbonyl (C=O) groups excluding carboxylic acids is 1. The molecule has 0 radical (unpaired) electrons. The minimum Gasteiger partial charge on any atom is -0.397 e. The lowest BCUT2D eigenvalue weighted by Gasteiger charge is -2.15. The van der Waals surface area contributed by atoms with E-state index >= 15 is 0 Å². The second-order valence-electron chi connectivity index (χ2n) is 4.45. The van der Waals surface area contributed by atoms with Gasteiger partial charge in [0.1, 0.15) is 0 Å². The molecule has 3 nitrogen and oxygen atoms in total. The third kappa shape index (κ3) is 3.32. The average molecular weight is 354 g/mol. The molecule has 104 valence electrons. The lowest BCUT2D eigenvalue weighted by atomic mass is 10.1. The van der Waals surface area contributed by atoms with Crippen molar-refractivity contribution < 1.29 is 4.79 Å². The van der Waals surface area contributed by atoms with Crippen molar-refractivity contribution in [3.63, 3.8) is 0 Å². The van der Waals surface area contributed by atoms with Crippen molar-refractivity contribution in [1.82, 2.24) is 5.32 Å². The normalized spacial score (nSPS) is 11.9. The van der Waals surface area contributed by atoms with Gasteiger partial charge in [0.05, 0.1) is 22.3 Å². The number of nitrogens with one attached hydrogen (secondary N) is 1. The molecule has 5 heteroatoms. The minimum absolute atomic E-state index is 0.117. The Morgan fingerprint density at radius 2 is 1.90 bits per heavy atom. The van der Waals surface area contributed by atoms with Gasteiger partial charge in [0.25, 0.3) is 5.91 Å². The maximum atomic E-state index is 12.2. The topological polar surface area (TPSA) is 55.1 Å². The monoisotopic (exact) mass is 352 g/mol. The van der Waals surface area contributed by atoms with E-state index < -0.39 is 0 Å². The molecule has 0 fully saturated rings. The smallest absolute Gasteiger partial charge is 0.253 e. The van der Waals surface area contributed by atoms with Crippen LogP contribution in [0.1, 0.15) is 28.9 Å². The SMILES string of the molecule is C[C@H](NC(=O)c1cccc(Cl)c1N)c1ccc(Br)cc1. The van der Waals surface area contributed by atoms with E-state index in [9.17, 15) is 4.79 Å². The number of carbonyl (C=O) groups is 1. The van der Waals surface area contributed by atoms with Crippen molar-refractivity contribution in [3.05, 3.63) is 63.1 Å². The van der Waals surface area contributed by atoms with E-state index in [1.165, 1.54) is 0 Å². The van der Waals surface area contributed by atoms with Crippen LogP contribution in [-0.4, -0.2) is 5.91 Å². The van der Waals surface area contributed by atoms with Crippen molar-refractivity contribution in [2.45, 2.75) is 13.0 Å². The molecule has 0 aromatic heterocycles. The molecule has 0 saturated carbocycles. The van der Waals surface area contributed by atoms with Crippen molar-refractivity contribution in [2.75, 3.05) is 5.73 Å². The van der Waals surface area contributed by atoms with E-state index in [0.717, 1.165) is 10.0 Å². The molecule has 2 aromatic carbocycles. The number of para-hydroxylation sites is 1. The standard InChI is InChI=1S/C15H14BrClN2O/c1-9(10-5-7-11(16)8-6-10)19-15(20)12-3-2-4-13(17)14(12)18/h2-9H,18H2,1H3,(H,19,20)/t9-/m0/s1. The molecule has 0 aliphatic carbocycles. The van der Waals surface area contributed by atoms with Gasteiger partial charge in [0.2, 0.25) is 0 Å². The zero-order valence-electron chi connectivity index (χ0n) is 10.9. The molecule has 1 atom stereocenters. The van der Waals surface area contributed by atoms with Crippen LogP contribution in [0.3, 0.4) is 0 Å². The first-order valence-electron chi connectivity index (χ1n) is 6.09. The Balaban J connectivity index is 2.15. The predicted molar refractivity (Wildman–Crippen MR) is 85.9 cm³/mol. The zero-order chi connectivity index (χ0) is 14.7. The summed E-state index contributed by atoms with van der Waals surface area (Å²) in [7, 11) is 0. The molecular weight excluding hydrogens is 340 g/mol. The predicted octanol–water partition coefficient (Wildman–Crippen LogP) is 4.18. The molecule has 0 spiro atoms. The van der Waals surface area contributed by atoms with Gasteiger partial charge < -0.3 is 11.1 Å². The van der Waals surface area contributed by atoms with Crippen LogP contribution >= 0.6 is 27.5 Å². The Morgan fingerprint density at radius 3 is 2.55 bits per heavy atom. The van der Waals surface area contributed by atoms with Gasteiger partial charge in [-0.2, -0.15) is 0 Å². The number of nitrogen functional groups attached to an aromatic ring is 1. The summed E-state index contributed by atoms with van der Waals surface area (Å²) < 4.78 is 0.999. The average Bonchev–Trinajstić information content (AvgIpc) is 2.42. The van der Waals surface area contributed by atoms with Gasteiger partial charge in [-0.3, -0.25) is 4.79 Å². The first-order chi connectivity index (χ1) is 9.49. The third-order valence-corrected chi connectivity index (χ3v) is 3.87. The molecule has 2 aromatic rings. The van der Waals surface area contributed by atoms with Crippen LogP contribution in [0, 0.1) is 0 Å². The fraction of sp³-hybridized carbons (Fsp3) is 0.133. The summed E-state index contributed by atoms with van der Waals surface area (Å²) in [5.74, 6) is -0.236. The number of hydrogen-bond donors (Lipinski definition) is 2. The Kier molecular flexibility index (Phi) is 4.68. The van der Waals surface area contributed by atoms with Crippen molar-refractivity contribution in [1.29, 1.82) is 0 Å². The largest absolute Gasteiger partial charge is 0.397 e. The van der Waals surface area contributed by atoms with Gasteiger partial charge in [-0.15, -0.1) is 0 Å². The second-order valence-corrected chi connectivity index (χ2v) is 5.77. The van der Waals surface area contributed by atoms with Gasteiger partial charge >= 0.3 is 0 Å². The summed E-state index contributed by atoms with van der Waals surface area (Å²) in [5, 5.41) is 3.29. The fourth-order valence-electron chi connectivity index (χ4n) is 1.84. The summed E-state index contributed by atoms with van der Waals surface area (Å²) in [4.78, 5) is 12.2. The summed E-state index contributed by atoms with van der Waals surface area (Å²) >= 11 is 9.30. The second kappa shape index (κ2) is 6.29. The Labute approximate surface area is 131 Å². The van der Waals surface area contributed by atoms with Crippen LogP contribution in [0.15, 0.2) is 46.9 Å². The molecule has 0 bridgehead atoms. The quantitative estimate of drug-likeness (QED) is 0.813. The van der Waals surface area contributed by atoms with Crippen LogP contribution in [0.5, 0.6) is 0 Å². The lowest BCUT2D eigenvalue weighted by Crippen LogP contribution is -2.27. The maximum Gasteiger partial charge on any atom is 0.253 e. The molecule has 0 aliphatic rings. The van der Waals surface area contributed by atoms with Gasteiger partial charge in [-0.1, -0.05) is 45.7 Å². The van der Waals surface area contributed by atoms with Crippen LogP contribution in [0.2, 0.25) is 5.02 Å². The molecule has 2 rings (SSSR count). The maximum absolute atomic E-state index is 12.2. The molecule has 1 amide bonds. The van der Waals surface area contributed by atoms with E-state index in [-0.39, 0.29) is 11.9 Å². The van der Waals surface area contributed by atoms with Crippen LogP contribution < -0.4 is 11.1 Å². The number of hydrogen-bond acceptors (Lipinski definition) is 2. The molecule has 0 unspecified atom stereocenters. The number of benzene rings is 2. The Morgan fingerprint density at radius 1 is 1.25 bits per heavy atom. The van der Waals surface area contributed by atoms with Gasteiger partial charge in [-0.05, 0) is 36.8 Å². The Hall–Kier alpha value is -1.52. The molecule has 20 heavy (non-hydrogen) atoms. The number of anilines is 1. The minimum atomic E-state index is -0.236. The summed E-state index contributed by atoms with van der Waals surface area (Å²) in [6.45, 7) is 1.92. The Bertz CT molecular complexity index is 628. The number of nitrogens with two attached hydrogens (primary N) is 1. The van der Waals surface area contributed by atoms with E-state index in [2.05, 4.69) is 21.2 Å². The van der Waals surface area contributed by atoms with Gasteiger partial charge in [-0.25, -0.2) is 0 Å². The highest BCUT2D eigenvalue weighted by Gasteiger charge is 2.15. The summed E-state index contributed by atoms with van der Waals surface area (Å²) in [6, 6.07) is 12.7. The fourth-order valence-corrected chi connectivity index (χ4v) is 2.28. The lowest BCUT2D eigenvalue weighted by molar-refractivity contribution is 0.0941. The van der Waals surface area contributed by atoms with Crippen LogP contribution in [-0.2, 0) is 0 Å². The van der Waals surface area contributed by atoms with E-state index in [1.54, 1.807) is 18.2 Å². The molecular formula is C15H14BrClN2O.